The summed E-state index contributed by atoms with van der Waals surface area (Å²) in [4.78, 5) is 2.56. The third-order valence-corrected chi connectivity index (χ3v) is 4.42. The fourth-order valence-electron chi connectivity index (χ4n) is 3.13. The van der Waals surface area contributed by atoms with Gasteiger partial charge in [0.15, 0.2) is 0 Å². The summed E-state index contributed by atoms with van der Waals surface area (Å²) in [5.74, 6) is 1.76. The van der Waals surface area contributed by atoms with Gasteiger partial charge in [-0.05, 0) is 44.0 Å². The molecule has 0 bridgehead atoms. The van der Waals surface area contributed by atoms with Crippen LogP contribution in [0.3, 0.4) is 0 Å². The molecule has 3 heteroatoms. The number of hydrogen-bond donors (Lipinski definition) is 1. The second kappa shape index (κ2) is 9.06. The summed E-state index contributed by atoms with van der Waals surface area (Å²) in [5.41, 5.74) is 0. The number of hydrogen-bond acceptors (Lipinski definition) is 3. The van der Waals surface area contributed by atoms with Crippen molar-refractivity contribution in [1.29, 1.82) is 0 Å². The Morgan fingerprint density at radius 1 is 1.24 bits per heavy atom. The lowest BCUT2D eigenvalue weighted by Crippen LogP contribution is -2.50. The lowest BCUT2D eigenvalue weighted by molar-refractivity contribution is 0.117. The van der Waals surface area contributed by atoms with E-state index in [0.717, 1.165) is 31.4 Å². The average molecular weight is 290 g/mol. The van der Waals surface area contributed by atoms with Crippen LogP contribution in [0.2, 0.25) is 0 Å². The first-order chi connectivity index (χ1) is 10.3. The number of likely N-dealkylation sites (tertiary alicyclic amines) is 1. The predicted octanol–water partition coefficient (Wildman–Crippen LogP) is 3.17. The SMILES string of the molecule is CCCNC1CCN(CCOc2ccccc2)CC1CC. The van der Waals surface area contributed by atoms with Crippen LogP contribution in [0.5, 0.6) is 5.75 Å². The van der Waals surface area contributed by atoms with Gasteiger partial charge in [0.05, 0.1) is 0 Å². The summed E-state index contributed by atoms with van der Waals surface area (Å²) in [6, 6.07) is 10.8. The van der Waals surface area contributed by atoms with E-state index in [1.807, 2.05) is 30.3 Å². The van der Waals surface area contributed by atoms with Crippen LogP contribution in [0.15, 0.2) is 30.3 Å². The Labute approximate surface area is 129 Å². The van der Waals surface area contributed by atoms with Crippen LogP contribution in [0.4, 0.5) is 0 Å². The Balaban J connectivity index is 1.70. The van der Waals surface area contributed by atoms with Crippen LogP contribution in [0, 0.1) is 5.92 Å². The number of para-hydroxylation sites is 1. The van der Waals surface area contributed by atoms with Crippen LogP contribution in [-0.2, 0) is 0 Å². The van der Waals surface area contributed by atoms with Gasteiger partial charge in [-0.15, -0.1) is 0 Å². The number of nitrogens with one attached hydrogen (secondary N) is 1. The third-order valence-electron chi connectivity index (χ3n) is 4.42. The molecule has 3 nitrogen and oxygen atoms in total. The van der Waals surface area contributed by atoms with Gasteiger partial charge < -0.3 is 10.1 Å². The summed E-state index contributed by atoms with van der Waals surface area (Å²) < 4.78 is 5.81. The molecule has 2 unspecified atom stereocenters. The molecule has 1 fully saturated rings. The van der Waals surface area contributed by atoms with E-state index in [2.05, 4.69) is 24.1 Å². The van der Waals surface area contributed by atoms with Crippen LogP contribution in [0.1, 0.15) is 33.1 Å². The van der Waals surface area contributed by atoms with Crippen molar-refractivity contribution in [1.82, 2.24) is 10.2 Å². The summed E-state index contributed by atoms with van der Waals surface area (Å²) in [7, 11) is 0. The minimum Gasteiger partial charge on any atom is -0.492 e. The average Bonchev–Trinajstić information content (AvgIpc) is 2.54. The van der Waals surface area contributed by atoms with E-state index in [1.165, 1.54) is 32.4 Å². The van der Waals surface area contributed by atoms with E-state index in [-0.39, 0.29) is 0 Å². The van der Waals surface area contributed by atoms with E-state index in [4.69, 9.17) is 4.74 Å². The van der Waals surface area contributed by atoms with Gasteiger partial charge in [-0.25, -0.2) is 0 Å². The molecule has 1 aliphatic heterocycles. The minimum absolute atomic E-state index is 0.709. The Hall–Kier alpha value is -1.06. The molecule has 1 aromatic carbocycles. The smallest absolute Gasteiger partial charge is 0.119 e. The van der Waals surface area contributed by atoms with Crippen molar-refractivity contribution in [3.8, 4) is 5.75 Å². The molecule has 0 aromatic heterocycles. The third kappa shape index (κ3) is 5.33. The van der Waals surface area contributed by atoms with Crippen LogP contribution in [0.25, 0.3) is 0 Å². The standard InChI is InChI=1S/C18H30N2O/c1-3-11-19-18-10-12-20(15-16(18)4-2)13-14-21-17-8-6-5-7-9-17/h5-9,16,18-19H,3-4,10-15H2,1-2H3. The fraction of sp³-hybridized carbons (Fsp3) is 0.667. The maximum atomic E-state index is 5.81. The first kappa shape index (κ1) is 16.3. The first-order valence-electron chi connectivity index (χ1n) is 8.47. The molecule has 1 aromatic rings. The predicted molar refractivity (Wildman–Crippen MR) is 88.9 cm³/mol. The Kier molecular flexibility index (Phi) is 7.04. The van der Waals surface area contributed by atoms with Crippen molar-refractivity contribution in [3.63, 3.8) is 0 Å². The summed E-state index contributed by atoms with van der Waals surface area (Å²) in [6.07, 6.45) is 3.75. The van der Waals surface area contributed by atoms with Crippen molar-refractivity contribution in [3.05, 3.63) is 30.3 Å². The molecule has 1 saturated heterocycles. The largest absolute Gasteiger partial charge is 0.492 e. The molecule has 0 saturated carbocycles. The summed E-state index contributed by atoms with van der Waals surface area (Å²) in [5, 5.41) is 3.72. The number of nitrogens with zero attached hydrogens (tertiary/aromatic N) is 1. The highest BCUT2D eigenvalue weighted by atomic mass is 16.5. The Morgan fingerprint density at radius 3 is 2.76 bits per heavy atom. The van der Waals surface area contributed by atoms with Crippen molar-refractivity contribution < 1.29 is 4.74 Å². The molecule has 1 N–H and O–H groups in total. The zero-order valence-electron chi connectivity index (χ0n) is 13.6. The maximum absolute atomic E-state index is 5.81. The van der Waals surface area contributed by atoms with E-state index in [1.54, 1.807) is 0 Å². The number of piperidine rings is 1. The van der Waals surface area contributed by atoms with Gasteiger partial charge in [-0.3, -0.25) is 4.90 Å². The number of ether oxygens (including phenoxy) is 1. The van der Waals surface area contributed by atoms with Crippen LogP contribution < -0.4 is 10.1 Å². The van der Waals surface area contributed by atoms with Crippen molar-refractivity contribution in [2.75, 3.05) is 32.8 Å². The molecule has 1 aliphatic rings. The van der Waals surface area contributed by atoms with Gasteiger partial charge in [-0.2, -0.15) is 0 Å². The van der Waals surface area contributed by atoms with E-state index >= 15 is 0 Å². The molecule has 1 heterocycles. The molecule has 0 amide bonds. The lowest BCUT2D eigenvalue weighted by Gasteiger charge is -2.38. The van der Waals surface area contributed by atoms with Crippen molar-refractivity contribution in [2.24, 2.45) is 5.92 Å². The topological polar surface area (TPSA) is 24.5 Å². The lowest BCUT2D eigenvalue weighted by atomic mass is 9.90. The van der Waals surface area contributed by atoms with Gasteiger partial charge in [0.25, 0.3) is 0 Å². The highest BCUT2D eigenvalue weighted by molar-refractivity contribution is 5.20. The second-order valence-electron chi connectivity index (χ2n) is 5.98. The van der Waals surface area contributed by atoms with Gasteiger partial charge in [0, 0.05) is 19.1 Å². The van der Waals surface area contributed by atoms with Gasteiger partial charge in [0.1, 0.15) is 12.4 Å². The molecule has 2 rings (SSSR count). The maximum Gasteiger partial charge on any atom is 0.119 e. The molecular weight excluding hydrogens is 260 g/mol. The van der Waals surface area contributed by atoms with Gasteiger partial charge in [0.2, 0.25) is 0 Å². The molecular formula is C18H30N2O. The minimum atomic E-state index is 0.709. The second-order valence-corrected chi connectivity index (χ2v) is 5.98. The molecule has 0 aliphatic carbocycles. The Bertz CT molecular complexity index is 382. The quantitative estimate of drug-likeness (QED) is 0.796. The van der Waals surface area contributed by atoms with Crippen molar-refractivity contribution in [2.45, 2.75) is 39.2 Å². The highest BCUT2D eigenvalue weighted by Gasteiger charge is 2.27. The fourth-order valence-corrected chi connectivity index (χ4v) is 3.13. The first-order valence-corrected chi connectivity index (χ1v) is 8.47. The number of benzene rings is 1. The highest BCUT2D eigenvalue weighted by Crippen LogP contribution is 2.20. The zero-order valence-corrected chi connectivity index (χ0v) is 13.6. The molecule has 0 spiro atoms. The summed E-state index contributed by atoms with van der Waals surface area (Å²) in [6.45, 7) is 9.92. The number of rotatable bonds is 8. The molecule has 2 atom stereocenters. The Morgan fingerprint density at radius 2 is 2.05 bits per heavy atom. The summed E-state index contributed by atoms with van der Waals surface area (Å²) >= 11 is 0. The van der Waals surface area contributed by atoms with Crippen molar-refractivity contribution >= 4 is 0 Å². The normalized spacial score (nSPS) is 23.1. The molecule has 21 heavy (non-hydrogen) atoms. The molecule has 0 radical (unpaired) electrons. The van der Waals surface area contributed by atoms with Gasteiger partial charge in [-0.1, -0.05) is 38.5 Å². The molecule has 118 valence electrons. The van der Waals surface area contributed by atoms with E-state index in [9.17, 15) is 0 Å². The van der Waals surface area contributed by atoms with Gasteiger partial charge >= 0.3 is 0 Å². The van der Waals surface area contributed by atoms with Crippen LogP contribution >= 0.6 is 0 Å². The van der Waals surface area contributed by atoms with Crippen LogP contribution in [-0.4, -0.2) is 43.7 Å². The monoisotopic (exact) mass is 290 g/mol. The zero-order chi connectivity index (χ0) is 14.9. The van der Waals surface area contributed by atoms with E-state index in [0.29, 0.717) is 6.04 Å². The van der Waals surface area contributed by atoms with E-state index < -0.39 is 0 Å².